The molecular weight excluding hydrogens is 287 g/mol. The lowest BCUT2D eigenvalue weighted by molar-refractivity contribution is -0.149. The van der Waals surface area contributed by atoms with Crippen LogP contribution in [-0.2, 0) is 6.42 Å². The van der Waals surface area contributed by atoms with E-state index in [0.29, 0.717) is 0 Å². The number of halogens is 3. The van der Waals surface area contributed by atoms with Gasteiger partial charge >= 0.3 is 6.18 Å². The van der Waals surface area contributed by atoms with Crippen molar-refractivity contribution in [3.05, 3.63) is 47.5 Å². The molecule has 2 aromatic rings. The molecule has 22 heavy (non-hydrogen) atoms. The largest absolute Gasteiger partial charge is 0.407 e. The first-order valence-corrected chi connectivity index (χ1v) is 7.77. The highest BCUT2D eigenvalue weighted by atomic mass is 19.4. The molecule has 0 aromatic heterocycles. The number of nitrogens with two attached hydrogens (primary N) is 1. The van der Waals surface area contributed by atoms with Crippen LogP contribution in [0.3, 0.4) is 0 Å². The molecule has 0 saturated heterocycles. The number of fused-ring (bicyclic) bond motifs is 1. The second-order valence-electron chi connectivity index (χ2n) is 5.73. The molecule has 1 nitrogen and oxygen atoms in total. The van der Waals surface area contributed by atoms with Crippen LogP contribution in [0.25, 0.3) is 10.8 Å². The molecule has 1 atom stereocenters. The van der Waals surface area contributed by atoms with Crippen molar-refractivity contribution in [2.45, 2.75) is 51.2 Å². The van der Waals surface area contributed by atoms with Gasteiger partial charge in [-0.2, -0.15) is 13.2 Å². The molecule has 0 amide bonds. The Morgan fingerprint density at radius 1 is 1.05 bits per heavy atom. The highest BCUT2D eigenvalue weighted by molar-refractivity contribution is 5.86. The minimum absolute atomic E-state index is 0.126. The Morgan fingerprint density at radius 3 is 2.50 bits per heavy atom. The maximum absolute atomic E-state index is 12.8. The van der Waals surface area contributed by atoms with E-state index in [1.807, 2.05) is 18.2 Å². The third kappa shape index (κ3) is 4.01. The van der Waals surface area contributed by atoms with Crippen molar-refractivity contribution in [3.63, 3.8) is 0 Å². The summed E-state index contributed by atoms with van der Waals surface area (Å²) >= 11 is 0. The molecule has 4 heteroatoms. The molecule has 2 aromatic carbocycles. The van der Waals surface area contributed by atoms with E-state index >= 15 is 0 Å². The van der Waals surface area contributed by atoms with Crippen LogP contribution in [0.5, 0.6) is 0 Å². The summed E-state index contributed by atoms with van der Waals surface area (Å²) in [6.45, 7) is 2.16. The fraction of sp³-hybridized carbons (Fsp3) is 0.444. The smallest absolute Gasteiger partial charge is 0.316 e. The van der Waals surface area contributed by atoms with Crippen LogP contribution >= 0.6 is 0 Å². The summed E-state index contributed by atoms with van der Waals surface area (Å²) in [5.41, 5.74) is 6.56. The van der Waals surface area contributed by atoms with Crippen molar-refractivity contribution in [2.75, 3.05) is 0 Å². The van der Waals surface area contributed by atoms with Gasteiger partial charge in [0.2, 0.25) is 0 Å². The van der Waals surface area contributed by atoms with Crippen LogP contribution in [0, 0.1) is 0 Å². The Kier molecular flexibility index (Phi) is 5.46. The number of alkyl halides is 3. The van der Waals surface area contributed by atoms with Crippen molar-refractivity contribution >= 4 is 10.8 Å². The summed E-state index contributed by atoms with van der Waals surface area (Å²) in [7, 11) is 0. The summed E-state index contributed by atoms with van der Waals surface area (Å²) in [5, 5.41) is 1.85. The van der Waals surface area contributed by atoms with E-state index < -0.39 is 12.2 Å². The first-order chi connectivity index (χ1) is 10.4. The molecule has 0 aliphatic rings. The Hall–Kier alpha value is -1.55. The van der Waals surface area contributed by atoms with Gasteiger partial charge < -0.3 is 5.73 Å². The van der Waals surface area contributed by atoms with E-state index in [9.17, 15) is 13.2 Å². The number of hydrogen-bond acceptors (Lipinski definition) is 1. The first-order valence-electron chi connectivity index (χ1n) is 7.77. The number of unbranched alkanes of at least 4 members (excludes halogenated alkanes) is 3. The summed E-state index contributed by atoms with van der Waals surface area (Å²) < 4.78 is 38.4. The number of aryl methyl sites for hydroxylation is 1. The molecule has 0 fully saturated rings. The minimum atomic E-state index is -4.41. The topological polar surface area (TPSA) is 26.0 Å². The fourth-order valence-electron chi connectivity index (χ4n) is 2.70. The van der Waals surface area contributed by atoms with Gasteiger partial charge in [0.1, 0.15) is 6.04 Å². The van der Waals surface area contributed by atoms with E-state index in [2.05, 4.69) is 6.92 Å². The normalized spacial score (nSPS) is 13.5. The lowest BCUT2D eigenvalue weighted by atomic mass is 9.96. The highest BCUT2D eigenvalue weighted by Gasteiger charge is 2.37. The van der Waals surface area contributed by atoms with Crippen molar-refractivity contribution in [1.29, 1.82) is 0 Å². The zero-order chi connectivity index (χ0) is 16.2. The van der Waals surface area contributed by atoms with Gasteiger partial charge in [-0.1, -0.05) is 56.5 Å². The van der Waals surface area contributed by atoms with Crippen LogP contribution in [-0.4, -0.2) is 6.18 Å². The number of rotatable bonds is 6. The third-order valence-electron chi connectivity index (χ3n) is 4.01. The maximum Gasteiger partial charge on any atom is 0.407 e. The van der Waals surface area contributed by atoms with Gasteiger partial charge in [0.25, 0.3) is 0 Å². The first kappa shape index (κ1) is 16.8. The van der Waals surface area contributed by atoms with Gasteiger partial charge in [-0.3, -0.25) is 0 Å². The van der Waals surface area contributed by atoms with Crippen molar-refractivity contribution < 1.29 is 13.2 Å². The molecule has 0 heterocycles. The van der Waals surface area contributed by atoms with Gasteiger partial charge in [0, 0.05) is 0 Å². The van der Waals surface area contributed by atoms with Crippen molar-refractivity contribution in [2.24, 2.45) is 5.73 Å². The standard InChI is InChI=1S/C18H22F3N/c1-2-3-4-5-7-13-8-6-9-14-10-11-15(12-16(13)14)17(22)18(19,20)21/h6,8-12,17H,2-5,7,22H2,1H3/t17-/m0/s1. The van der Waals surface area contributed by atoms with E-state index in [0.717, 1.165) is 35.6 Å². The summed E-state index contributed by atoms with van der Waals surface area (Å²) in [6.07, 6.45) is 1.04. The molecule has 0 aliphatic heterocycles. The maximum atomic E-state index is 12.8. The van der Waals surface area contributed by atoms with Crippen LogP contribution < -0.4 is 5.73 Å². The monoisotopic (exact) mass is 309 g/mol. The van der Waals surface area contributed by atoms with Crippen molar-refractivity contribution in [3.8, 4) is 0 Å². The molecule has 0 spiro atoms. The summed E-state index contributed by atoms with van der Waals surface area (Å²) in [4.78, 5) is 0. The minimum Gasteiger partial charge on any atom is -0.316 e. The Morgan fingerprint density at radius 2 is 1.82 bits per heavy atom. The lowest BCUT2D eigenvalue weighted by Gasteiger charge is -2.17. The predicted octanol–water partition coefficient (Wildman–Crippen LogP) is 5.52. The molecule has 0 saturated carbocycles. The molecular formula is C18H22F3N. The van der Waals surface area contributed by atoms with Crippen LogP contribution in [0.2, 0.25) is 0 Å². The van der Waals surface area contributed by atoms with Crippen LogP contribution in [0.15, 0.2) is 36.4 Å². The second kappa shape index (κ2) is 7.14. The zero-order valence-corrected chi connectivity index (χ0v) is 12.8. The Balaban J connectivity index is 2.29. The van der Waals surface area contributed by atoms with Crippen LogP contribution in [0.1, 0.15) is 49.8 Å². The number of hydrogen-bond donors (Lipinski definition) is 1. The predicted molar refractivity (Wildman–Crippen MR) is 84.8 cm³/mol. The lowest BCUT2D eigenvalue weighted by Crippen LogP contribution is -2.28. The zero-order valence-electron chi connectivity index (χ0n) is 12.8. The van der Waals surface area contributed by atoms with E-state index in [1.54, 1.807) is 12.1 Å². The molecule has 0 bridgehead atoms. The summed E-state index contributed by atoms with van der Waals surface area (Å²) in [5.74, 6) is 0. The highest BCUT2D eigenvalue weighted by Crippen LogP contribution is 2.32. The second-order valence-corrected chi connectivity index (χ2v) is 5.73. The summed E-state index contributed by atoms with van der Waals surface area (Å²) in [6, 6.07) is 8.76. The Labute approximate surface area is 129 Å². The molecule has 120 valence electrons. The van der Waals surface area contributed by atoms with Gasteiger partial charge in [0.15, 0.2) is 0 Å². The fourth-order valence-corrected chi connectivity index (χ4v) is 2.70. The number of benzene rings is 2. The van der Waals surface area contributed by atoms with E-state index in [-0.39, 0.29) is 5.56 Å². The average Bonchev–Trinajstić information content (AvgIpc) is 2.49. The Bertz CT molecular complexity index is 619. The molecule has 0 aliphatic carbocycles. The molecule has 0 radical (unpaired) electrons. The third-order valence-corrected chi connectivity index (χ3v) is 4.01. The van der Waals surface area contributed by atoms with Gasteiger partial charge in [-0.15, -0.1) is 0 Å². The molecule has 2 N–H and O–H groups in total. The van der Waals surface area contributed by atoms with Gasteiger partial charge in [-0.05, 0) is 40.8 Å². The quantitative estimate of drug-likeness (QED) is 0.698. The van der Waals surface area contributed by atoms with E-state index in [1.165, 1.54) is 18.9 Å². The SMILES string of the molecule is CCCCCCc1cccc2ccc([C@H](N)C(F)(F)F)cc12. The van der Waals surface area contributed by atoms with Crippen LogP contribution in [0.4, 0.5) is 13.2 Å². The van der Waals surface area contributed by atoms with Gasteiger partial charge in [-0.25, -0.2) is 0 Å². The van der Waals surface area contributed by atoms with E-state index in [4.69, 9.17) is 5.73 Å². The average molecular weight is 309 g/mol. The van der Waals surface area contributed by atoms with Crippen molar-refractivity contribution in [1.82, 2.24) is 0 Å². The van der Waals surface area contributed by atoms with Gasteiger partial charge in [0.05, 0.1) is 0 Å². The molecule has 0 unspecified atom stereocenters. The molecule has 2 rings (SSSR count).